The molecule has 15 heavy (non-hydrogen) atoms. The van der Waals surface area contributed by atoms with Crippen LogP contribution in [0.4, 0.5) is 5.82 Å². The van der Waals surface area contributed by atoms with Gasteiger partial charge in [0, 0.05) is 4.88 Å². The van der Waals surface area contributed by atoms with Crippen molar-refractivity contribution in [2.75, 3.05) is 5.73 Å². The first-order valence-corrected chi connectivity index (χ1v) is 6.32. The van der Waals surface area contributed by atoms with Gasteiger partial charge in [-0.2, -0.15) is 5.10 Å². The summed E-state index contributed by atoms with van der Waals surface area (Å²) >= 11 is 10.9. The summed E-state index contributed by atoms with van der Waals surface area (Å²) in [5, 5.41) is 4.65. The Morgan fingerprint density at radius 2 is 2.33 bits per heavy atom. The van der Waals surface area contributed by atoms with Gasteiger partial charge in [-0.15, -0.1) is 11.3 Å². The molecule has 6 heteroatoms. The minimum absolute atomic E-state index is 0.105. The number of halogens is 2. The quantitative estimate of drug-likeness (QED) is 0.922. The number of nitrogens with zero attached hydrogens (tertiary/aromatic N) is 2. The van der Waals surface area contributed by atoms with E-state index in [1.807, 2.05) is 13.0 Å². The number of hydrogen-bond acceptors (Lipinski definition) is 3. The fraction of sp³-hybridized carbons (Fsp3) is 0.222. The molecule has 0 bridgehead atoms. The molecule has 0 fully saturated rings. The van der Waals surface area contributed by atoms with Crippen molar-refractivity contribution >= 4 is 44.7 Å². The van der Waals surface area contributed by atoms with Gasteiger partial charge in [-0.05, 0) is 35.0 Å². The van der Waals surface area contributed by atoms with E-state index in [9.17, 15) is 0 Å². The molecule has 0 aromatic carbocycles. The number of aromatic nitrogens is 2. The van der Waals surface area contributed by atoms with E-state index in [0.29, 0.717) is 10.8 Å². The van der Waals surface area contributed by atoms with Gasteiger partial charge in [0.05, 0.1) is 16.0 Å². The van der Waals surface area contributed by atoms with Crippen molar-refractivity contribution in [1.29, 1.82) is 0 Å². The number of rotatable bonds is 2. The van der Waals surface area contributed by atoms with Crippen molar-refractivity contribution < 1.29 is 0 Å². The molecule has 1 unspecified atom stereocenters. The van der Waals surface area contributed by atoms with Crippen molar-refractivity contribution in [3.05, 3.63) is 32.0 Å². The van der Waals surface area contributed by atoms with E-state index in [0.717, 1.165) is 3.79 Å². The zero-order chi connectivity index (χ0) is 11.0. The predicted octanol–water partition coefficient (Wildman–Crippen LogP) is 3.55. The lowest BCUT2D eigenvalue weighted by Crippen LogP contribution is -2.10. The summed E-state index contributed by atoms with van der Waals surface area (Å²) in [4.78, 5) is 1.19. The molecule has 0 aliphatic rings. The average Bonchev–Trinajstić information content (AvgIpc) is 2.75. The van der Waals surface area contributed by atoms with Crippen LogP contribution in [0.1, 0.15) is 17.8 Å². The number of hydrogen-bond donors (Lipinski definition) is 1. The molecule has 0 aliphatic heterocycles. The minimum Gasteiger partial charge on any atom is -0.383 e. The van der Waals surface area contributed by atoms with Gasteiger partial charge in [-0.3, -0.25) is 0 Å². The molecule has 2 N–H and O–H groups in total. The molecule has 80 valence electrons. The van der Waals surface area contributed by atoms with Crippen LogP contribution in [-0.4, -0.2) is 9.78 Å². The molecular weight excluding hydrogens is 298 g/mol. The molecule has 0 radical (unpaired) electrons. The van der Waals surface area contributed by atoms with Crippen molar-refractivity contribution in [2.24, 2.45) is 0 Å². The van der Waals surface area contributed by atoms with E-state index in [4.69, 9.17) is 17.3 Å². The summed E-state index contributed by atoms with van der Waals surface area (Å²) in [6.07, 6.45) is 1.57. The monoisotopic (exact) mass is 305 g/mol. The molecule has 0 saturated heterocycles. The van der Waals surface area contributed by atoms with Crippen LogP contribution in [0, 0.1) is 0 Å². The highest BCUT2D eigenvalue weighted by molar-refractivity contribution is 9.11. The Hall–Kier alpha value is -0.520. The molecule has 0 saturated carbocycles. The fourth-order valence-electron chi connectivity index (χ4n) is 1.33. The lowest BCUT2D eigenvalue weighted by atomic mass is 10.3. The first-order valence-electron chi connectivity index (χ1n) is 4.33. The molecule has 2 rings (SSSR count). The Morgan fingerprint density at radius 3 is 2.80 bits per heavy atom. The maximum atomic E-state index is 5.85. The van der Waals surface area contributed by atoms with E-state index >= 15 is 0 Å². The minimum atomic E-state index is 0.105. The van der Waals surface area contributed by atoms with Crippen LogP contribution in [0.5, 0.6) is 0 Å². The van der Waals surface area contributed by atoms with Crippen molar-refractivity contribution in [1.82, 2.24) is 9.78 Å². The zero-order valence-corrected chi connectivity index (χ0v) is 11.1. The van der Waals surface area contributed by atoms with Crippen LogP contribution in [0.3, 0.4) is 0 Å². The topological polar surface area (TPSA) is 43.8 Å². The smallest absolute Gasteiger partial charge is 0.141 e. The summed E-state index contributed by atoms with van der Waals surface area (Å²) in [6, 6.07) is 4.17. The van der Waals surface area contributed by atoms with Gasteiger partial charge in [0.15, 0.2) is 0 Å². The number of nitrogen functional groups attached to an aromatic ring is 1. The Morgan fingerprint density at radius 1 is 1.60 bits per heavy atom. The van der Waals surface area contributed by atoms with Crippen molar-refractivity contribution in [3.63, 3.8) is 0 Å². The average molecular weight is 307 g/mol. The SMILES string of the molecule is CC(c1ccc(Br)s1)n1ncc(Cl)c1N. The van der Waals surface area contributed by atoms with Crippen LogP contribution in [-0.2, 0) is 0 Å². The van der Waals surface area contributed by atoms with E-state index in [-0.39, 0.29) is 6.04 Å². The summed E-state index contributed by atoms with van der Waals surface area (Å²) in [6.45, 7) is 2.04. The maximum absolute atomic E-state index is 5.85. The van der Waals surface area contributed by atoms with Crippen LogP contribution in [0.25, 0.3) is 0 Å². The molecule has 0 amide bonds. The van der Waals surface area contributed by atoms with Gasteiger partial charge in [-0.25, -0.2) is 4.68 Å². The predicted molar refractivity (Wildman–Crippen MR) is 67.5 cm³/mol. The largest absolute Gasteiger partial charge is 0.383 e. The molecule has 2 aromatic heterocycles. The van der Waals surface area contributed by atoms with Crippen molar-refractivity contribution in [3.8, 4) is 0 Å². The highest BCUT2D eigenvalue weighted by Crippen LogP contribution is 2.31. The van der Waals surface area contributed by atoms with Crippen LogP contribution in [0.2, 0.25) is 5.02 Å². The maximum Gasteiger partial charge on any atom is 0.141 e. The van der Waals surface area contributed by atoms with E-state index in [1.165, 1.54) is 4.88 Å². The highest BCUT2D eigenvalue weighted by Gasteiger charge is 2.15. The summed E-state index contributed by atoms with van der Waals surface area (Å²) in [7, 11) is 0. The second-order valence-electron chi connectivity index (χ2n) is 3.14. The van der Waals surface area contributed by atoms with Crippen LogP contribution in [0.15, 0.2) is 22.1 Å². The molecule has 0 aliphatic carbocycles. The Kier molecular flexibility index (Phi) is 3.04. The fourth-order valence-corrected chi connectivity index (χ4v) is 2.92. The molecule has 2 aromatic rings. The number of thiophene rings is 1. The summed E-state index contributed by atoms with van der Waals surface area (Å²) in [5.41, 5.74) is 5.81. The zero-order valence-electron chi connectivity index (χ0n) is 7.95. The molecule has 3 nitrogen and oxygen atoms in total. The first-order chi connectivity index (χ1) is 7.09. The van der Waals surface area contributed by atoms with Gasteiger partial charge in [0.2, 0.25) is 0 Å². The van der Waals surface area contributed by atoms with Crippen LogP contribution >= 0.6 is 38.9 Å². The first kappa shape index (κ1) is 11.0. The van der Waals surface area contributed by atoms with Gasteiger partial charge in [0.25, 0.3) is 0 Å². The third-order valence-electron chi connectivity index (χ3n) is 2.16. The van der Waals surface area contributed by atoms with Gasteiger partial charge in [0.1, 0.15) is 10.8 Å². The molecular formula is C9H9BrClN3S. The third-order valence-corrected chi connectivity index (χ3v) is 4.24. The molecule has 0 spiro atoms. The summed E-state index contributed by atoms with van der Waals surface area (Å²) < 4.78 is 2.82. The second kappa shape index (κ2) is 4.15. The summed E-state index contributed by atoms with van der Waals surface area (Å²) in [5.74, 6) is 0.508. The Bertz CT molecular complexity index is 479. The van der Waals surface area contributed by atoms with Crippen LogP contribution < -0.4 is 5.73 Å². The van der Waals surface area contributed by atoms with Crippen molar-refractivity contribution in [2.45, 2.75) is 13.0 Å². The second-order valence-corrected chi connectivity index (χ2v) is 6.04. The lowest BCUT2D eigenvalue weighted by molar-refractivity contribution is 0.581. The van der Waals surface area contributed by atoms with Gasteiger partial charge >= 0.3 is 0 Å². The number of nitrogens with two attached hydrogens (primary N) is 1. The van der Waals surface area contributed by atoms with E-state index in [1.54, 1.807) is 22.2 Å². The normalized spacial score (nSPS) is 13.0. The van der Waals surface area contributed by atoms with E-state index < -0.39 is 0 Å². The number of anilines is 1. The molecule has 2 heterocycles. The standard InChI is InChI=1S/C9H9BrClN3S/c1-5(7-2-3-8(10)15-7)14-9(12)6(11)4-13-14/h2-5H,12H2,1H3. The van der Waals surface area contributed by atoms with Gasteiger partial charge in [-0.1, -0.05) is 11.6 Å². The Labute approximate surface area is 105 Å². The third kappa shape index (κ3) is 2.04. The molecule has 1 atom stereocenters. The lowest BCUT2D eigenvalue weighted by Gasteiger charge is -2.11. The highest BCUT2D eigenvalue weighted by atomic mass is 79.9. The van der Waals surface area contributed by atoms with Gasteiger partial charge < -0.3 is 5.73 Å². The Balaban J connectivity index is 2.36. The van der Waals surface area contributed by atoms with E-state index in [2.05, 4.69) is 27.1 Å².